The molecule has 18 heavy (non-hydrogen) atoms. The van der Waals surface area contributed by atoms with Crippen LogP contribution in [-0.4, -0.2) is 11.6 Å². The van der Waals surface area contributed by atoms with Gasteiger partial charge < -0.3 is 4.74 Å². The van der Waals surface area contributed by atoms with Crippen LogP contribution in [0.3, 0.4) is 0 Å². The second-order valence-corrected chi connectivity index (χ2v) is 7.98. The van der Waals surface area contributed by atoms with Gasteiger partial charge in [0.25, 0.3) is 0 Å². The molecule has 0 aromatic heterocycles. The third-order valence-electron chi connectivity index (χ3n) is 6.46. The van der Waals surface area contributed by atoms with Gasteiger partial charge in [-0.25, -0.2) is 0 Å². The second kappa shape index (κ2) is 3.52. The Morgan fingerprint density at radius 1 is 1.06 bits per heavy atom. The molecule has 1 heterocycles. The summed E-state index contributed by atoms with van der Waals surface area (Å²) in [5, 5.41) is 0. The van der Waals surface area contributed by atoms with Crippen molar-refractivity contribution in [3.05, 3.63) is 0 Å². The maximum absolute atomic E-state index is 11.8. The van der Waals surface area contributed by atoms with Crippen LogP contribution in [0.25, 0.3) is 0 Å². The van der Waals surface area contributed by atoms with Gasteiger partial charge in [0.05, 0.1) is 6.42 Å². The standard InChI is InChI=1S/C16H26O2/c1-14(2)7-5-8-15(3)11(14)6-9-16(4)12(15)10-13(17)18-16/h11-12H,5-10H2,1-4H3/t11-,12?,15?,16+/m0/s1. The van der Waals surface area contributed by atoms with Crippen LogP contribution in [-0.2, 0) is 9.53 Å². The Kier molecular flexibility index (Phi) is 2.44. The molecule has 2 heteroatoms. The highest BCUT2D eigenvalue weighted by atomic mass is 16.6. The summed E-state index contributed by atoms with van der Waals surface area (Å²) in [5.74, 6) is 1.23. The predicted octanol–water partition coefficient (Wildman–Crippen LogP) is 3.93. The number of rotatable bonds is 0. The fraction of sp³-hybridized carbons (Fsp3) is 0.938. The lowest BCUT2D eigenvalue weighted by Crippen LogP contribution is -2.55. The third-order valence-corrected chi connectivity index (χ3v) is 6.46. The molecule has 2 unspecified atom stereocenters. The third kappa shape index (κ3) is 1.50. The summed E-state index contributed by atoms with van der Waals surface area (Å²) >= 11 is 0. The van der Waals surface area contributed by atoms with Crippen molar-refractivity contribution in [3.63, 3.8) is 0 Å². The number of esters is 1. The van der Waals surface area contributed by atoms with Crippen molar-refractivity contribution in [2.24, 2.45) is 22.7 Å². The molecule has 1 saturated heterocycles. The first-order valence-corrected chi connectivity index (χ1v) is 7.50. The highest BCUT2D eigenvalue weighted by Gasteiger charge is 2.62. The van der Waals surface area contributed by atoms with Crippen molar-refractivity contribution in [2.45, 2.75) is 71.8 Å². The fourth-order valence-electron chi connectivity index (χ4n) is 5.65. The molecule has 0 spiro atoms. The van der Waals surface area contributed by atoms with Gasteiger partial charge in [0.15, 0.2) is 0 Å². The van der Waals surface area contributed by atoms with Gasteiger partial charge in [-0.15, -0.1) is 0 Å². The van der Waals surface area contributed by atoms with Crippen molar-refractivity contribution in [1.82, 2.24) is 0 Å². The van der Waals surface area contributed by atoms with E-state index in [1.54, 1.807) is 0 Å². The molecule has 0 bridgehead atoms. The maximum Gasteiger partial charge on any atom is 0.306 e. The molecule has 102 valence electrons. The first-order chi connectivity index (χ1) is 8.28. The number of carbonyl (C=O) groups excluding carboxylic acids is 1. The van der Waals surface area contributed by atoms with Crippen LogP contribution in [0.4, 0.5) is 0 Å². The molecule has 0 aromatic rings. The van der Waals surface area contributed by atoms with Gasteiger partial charge in [-0.05, 0) is 49.4 Å². The minimum Gasteiger partial charge on any atom is -0.459 e. The Labute approximate surface area is 110 Å². The van der Waals surface area contributed by atoms with Crippen LogP contribution in [0, 0.1) is 22.7 Å². The monoisotopic (exact) mass is 250 g/mol. The lowest BCUT2D eigenvalue weighted by molar-refractivity contribution is -0.164. The average Bonchev–Trinajstić information content (AvgIpc) is 2.53. The SMILES string of the molecule is CC1(C)CCCC2(C)C3CC(=O)O[C@]3(C)CC[C@@H]12. The zero-order valence-electron chi connectivity index (χ0n) is 12.2. The summed E-state index contributed by atoms with van der Waals surface area (Å²) in [4.78, 5) is 11.8. The van der Waals surface area contributed by atoms with Crippen molar-refractivity contribution in [3.8, 4) is 0 Å². The van der Waals surface area contributed by atoms with E-state index in [1.165, 1.54) is 25.7 Å². The van der Waals surface area contributed by atoms with E-state index in [4.69, 9.17) is 4.74 Å². The van der Waals surface area contributed by atoms with E-state index in [1.807, 2.05) is 0 Å². The molecular weight excluding hydrogens is 224 g/mol. The average molecular weight is 250 g/mol. The Balaban J connectivity index is 2.00. The van der Waals surface area contributed by atoms with Crippen molar-refractivity contribution in [1.29, 1.82) is 0 Å². The fourth-order valence-corrected chi connectivity index (χ4v) is 5.65. The predicted molar refractivity (Wildman–Crippen MR) is 71.1 cm³/mol. The van der Waals surface area contributed by atoms with Crippen LogP contribution in [0.1, 0.15) is 66.2 Å². The summed E-state index contributed by atoms with van der Waals surface area (Å²) in [5.41, 5.74) is 0.566. The quantitative estimate of drug-likeness (QED) is 0.609. The first kappa shape index (κ1) is 12.5. The van der Waals surface area contributed by atoms with E-state index in [2.05, 4.69) is 27.7 Å². The van der Waals surface area contributed by atoms with Crippen LogP contribution < -0.4 is 0 Å². The van der Waals surface area contributed by atoms with E-state index in [0.717, 1.165) is 12.3 Å². The van der Waals surface area contributed by atoms with E-state index in [9.17, 15) is 4.79 Å². The highest BCUT2D eigenvalue weighted by molar-refractivity contribution is 5.73. The molecule has 2 saturated carbocycles. The number of hydrogen-bond acceptors (Lipinski definition) is 2. The number of hydrogen-bond donors (Lipinski definition) is 0. The number of ether oxygens (including phenoxy) is 1. The zero-order valence-corrected chi connectivity index (χ0v) is 12.2. The van der Waals surface area contributed by atoms with Crippen molar-refractivity contribution >= 4 is 5.97 Å². The molecule has 4 atom stereocenters. The smallest absolute Gasteiger partial charge is 0.306 e. The van der Waals surface area contributed by atoms with Gasteiger partial charge in [0.1, 0.15) is 5.60 Å². The summed E-state index contributed by atoms with van der Waals surface area (Å²) in [6.45, 7) is 9.46. The molecular formula is C16H26O2. The summed E-state index contributed by atoms with van der Waals surface area (Å²) < 4.78 is 5.70. The zero-order chi connectivity index (χ0) is 13.2. The summed E-state index contributed by atoms with van der Waals surface area (Å²) in [6, 6.07) is 0. The van der Waals surface area contributed by atoms with Crippen LogP contribution in [0.5, 0.6) is 0 Å². The van der Waals surface area contributed by atoms with Crippen molar-refractivity contribution < 1.29 is 9.53 Å². The Hall–Kier alpha value is -0.530. The molecule has 0 amide bonds. The van der Waals surface area contributed by atoms with Crippen LogP contribution in [0.15, 0.2) is 0 Å². The van der Waals surface area contributed by atoms with E-state index >= 15 is 0 Å². The van der Waals surface area contributed by atoms with Crippen molar-refractivity contribution in [2.75, 3.05) is 0 Å². The van der Waals surface area contributed by atoms with Gasteiger partial charge in [-0.1, -0.05) is 27.2 Å². The Morgan fingerprint density at radius 2 is 1.78 bits per heavy atom. The minimum absolute atomic E-state index is 0.0350. The summed E-state index contributed by atoms with van der Waals surface area (Å²) in [6.07, 6.45) is 6.86. The van der Waals surface area contributed by atoms with Crippen LogP contribution in [0.2, 0.25) is 0 Å². The van der Waals surface area contributed by atoms with Gasteiger partial charge in [-0.2, -0.15) is 0 Å². The van der Waals surface area contributed by atoms with Crippen LogP contribution >= 0.6 is 0 Å². The second-order valence-electron chi connectivity index (χ2n) is 7.98. The molecule has 3 rings (SSSR count). The van der Waals surface area contributed by atoms with E-state index in [0.29, 0.717) is 23.2 Å². The molecule has 3 fully saturated rings. The van der Waals surface area contributed by atoms with E-state index < -0.39 is 0 Å². The molecule has 3 aliphatic rings. The molecule has 0 aromatic carbocycles. The first-order valence-electron chi connectivity index (χ1n) is 7.50. The van der Waals surface area contributed by atoms with Gasteiger partial charge >= 0.3 is 5.97 Å². The largest absolute Gasteiger partial charge is 0.459 e. The van der Waals surface area contributed by atoms with Gasteiger partial charge in [-0.3, -0.25) is 4.79 Å². The minimum atomic E-state index is -0.171. The van der Waals surface area contributed by atoms with E-state index in [-0.39, 0.29) is 11.6 Å². The molecule has 0 radical (unpaired) electrons. The molecule has 2 aliphatic carbocycles. The molecule has 1 aliphatic heterocycles. The molecule has 2 nitrogen and oxygen atoms in total. The van der Waals surface area contributed by atoms with Gasteiger partial charge in [0, 0.05) is 5.92 Å². The number of fused-ring (bicyclic) bond motifs is 3. The normalized spacial score (nSPS) is 50.3. The highest BCUT2D eigenvalue weighted by Crippen LogP contribution is 2.64. The molecule has 0 N–H and O–H groups in total. The topological polar surface area (TPSA) is 26.3 Å². The van der Waals surface area contributed by atoms with Gasteiger partial charge in [0.2, 0.25) is 0 Å². The lowest BCUT2D eigenvalue weighted by atomic mass is 9.45. The Morgan fingerprint density at radius 3 is 2.50 bits per heavy atom. The Bertz CT molecular complexity index is 387. The summed E-state index contributed by atoms with van der Waals surface area (Å²) in [7, 11) is 0. The number of carbonyl (C=O) groups is 1. The maximum atomic E-state index is 11.8. The lowest BCUT2D eigenvalue weighted by Gasteiger charge is -2.59.